The number of halogens is 3. The molecule has 0 aromatic carbocycles. The molecule has 1 aliphatic heterocycles. The van der Waals surface area contributed by atoms with E-state index >= 15 is 0 Å². The minimum atomic E-state index is -4.48. The summed E-state index contributed by atoms with van der Waals surface area (Å²) in [6.07, 6.45) is -1.84. The lowest BCUT2D eigenvalue weighted by Crippen LogP contribution is -2.36. The molecule has 1 aliphatic carbocycles. The van der Waals surface area contributed by atoms with E-state index < -0.39 is 11.9 Å². The zero-order chi connectivity index (χ0) is 16.6. The summed E-state index contributed by atoms with van der Waals surface area (Å²) in [4.78, 5) is 23.4. The van der Waals surface area contributed by atoms with Gasteiger partial charge < -0.3 is 9.80 Å². The number of hydrogen-bond acceptors (Lipinski definition) is 4. The summed E-state index contributed by atoms with van der Waals surface area (Å²) in [6, 6.07) is 0.991. The number of alkyl halides is 3. The Bertz CT molecular complexity index is 601. The second kappa shape index (κ2) is 5.98. The highest BCUT2D eigenvalue weighted by atomic mass is 19.4. The first-order valence-corrected chi connectivity index (χ1v) is 7.81. The number of aromatic nitrogens is 2. The van der Waals surface area contributed by atoms with E-state index in [-0.39, 0.29) is 23.5 Å². The van der Waals surface area contributed by atoms with Gasteiger partial charge in [-0.3, -0.25) is 4.79 Å². The van der Waals surface area contributed by atoms with Gasteiger partial charge in [-0.05, 0) is 26.2 Å². The third-order valence-corrected chi connectivity index (χ3v) is 4.17. The average molecular weight is 328 g/mol. The molecule has 0 unspecified atom stereocenters. The maximum atomic E-state index is 12.9. The Balaban J connectivity index is 1.74. The lowest BCUT2D eigenvalue weighted by atomic mass is 10.3. The van der Waals surface area contributed by atoms with E-state index in [0.717, 1.165) is 25.3 Å². The number of aryl methyl sites for hydroxylation is 1. The molecule has 1 aromatic heterocycles. The second-order valence-electron chi connectivity index (χ2n) is 6.10. The minimum absolute atomic E-state index is 0.102. The first-order chi connectivity index (χ1) is 10.8. The van der Waals surface area contributed by atoms with Crippen molar-refractivity contribution in [2.24, 2.45) is 5.92 Å². The smallest absolute Gasteiger partial charge is 0.355 e. The summed E-state index contributed by atoms with van der Waals surface area (Å²) in [5, 5.41) is 0. The number of anilines is 1. The standard InChI is InChI=1S/C15H19F3N4O/c1-10-19-12(15(16,17)18)9-13(20-10)21-5-2-6-22(8-7-21)14(23)11-3-4-11/h9,11H,2-8H2,1H3. The first-order valence-electron chi connectivity index (χ1n) is 7.81. The molecule has 126 valence electrons. The van der Waals surface area contributed by atoms with Gasteiger partial charge in [-0.25, -0.2) is 9.97 Å². The van der Waals surface area contributed by atoms with E-state index in [1.807, 2.05) is 9.80 Å². The zero-order valence-corrected chi connectivity index (χ0v) is 12.9. The Hall–Kier alpha value is -1.86. The molecule has 1 aromatic rings. The number of nitrogens with zero attached hydrogens (tertiary/aromatic N) is 4. The summed E-state index contributed by atoms with van der Waals surface area (Å²) >= 11 is 0. The van der Waals surface area contributed by atoms with Crippen molar-refractivity contribution in [1.82, 2.24) is 14.9 Å². The largest absolute Gasteiger partial charge is 0.433 e. The number of amides is 1. The van der Waals surface area contributed by atoms with Crippen LogP contribution >= 0.6 is 0 Å². The van der Waals surface area contributed by atoms with Gasteiger partial charge in [-0.1, -0.05) is 0 Å². The molecule has 3 rings (SSSR count). The molecule has 0 spiro atoms. The summed E-state index contributed by atoms with van der Waals surface area (Å²) in [6.45, 7) is 3.72. The lowest BCUT2D eigenvalue weighted by Gasteiger charge is -2.23. The predicted octanol–water partition coefficient (Wildman–Crippen LogP) is 2.25. The van der Waals surface area contributed by atoms with E-state index in [0.29, 0.717) is 26.2 Å². The van der Waals surface area contributed by atoms with Crippen LogP contribution in [-0.2, 0) is 11.0 Å². The van der Waals surface area contributed by atoms with Crippen LogP contribution in [0.3, 0.4) is 0 Å². The van der Waals surface area contributed by atoms with Gasteiger partial charge in [0.2, 0.25) is 5.91 Å². The Morgan fingerprint density at radius 3 is 2.57 bits per heavy atom. The Morgan fingerprint density at radius 1 is 1.17 bits per heavy atom. The highest BCUT2D eigenvalue weighted by molar-refractivity contribution is 5.81. The van der Waals surface area contributed by atoms with Crippen LogP contribution in [0.15, 0.2) is 6.07 Å². The van der Waals surface area contributed by atoms with Gasteiger partial charge in [0.25, 0.3) is 0 Å². The molecule has 1 saturated carbocycles. The monoisotopic (exact) mass is 328 g/mol. The molecule has 23 heavy (non-hydrogen) atoms. The van der Waals surface area contributed by atoms with Crippen molar-refractivity contribution in [1.29, 1.82) is 0 Å². The molecule has 0 radical (unpaired) electrons. The van der Waals surface area contributed by atoms with Crippen molar-refractivity contribution in [2.45, 2.75) is 32.4 Å². The molecule has 1 amide bonds. The minimum Gasteiger partial charge on any atom is -0.355 e. The van der Waals surface area contributed by atoms with E-state index in [1.54, 1.807) is 0 Å². The van der Waals surface area contributed by atoms with E-state index in [2.05, 4.69) is 9.97 Å². The average Bonchev–Trinajstić information content (AvgIpc) is 3.31. The fourth-order valence-electron chi connectivity index (χ4n) is 2.81. The van der Waals surface area contributed by atoms with Crippen LogP contribution < -0.4 is 4.90 Å². The first kappa shape index (κ1) is 16.0. The van der Waals surface area contributed by atoms with Gasteiger partial charge in [0.05, 0.1) is 0 Å². The summed E-state index contributed by atoms with van der Waals surface area (Å²) in [5.41, 5.74) is -0.921. The van der Waals surface area contributed by atoms with Crippen molar-refractivity contribution in [3.05, 3.63) is 17.6 Å². The van der Waals surface area contributed by atoms with E-state index in [9.17, 15) is 18.0 Å². The van der Waals surface area contributed by atoms with Crippen molar-refractivity contribution in [3.8, 4) is 0 Å². The topological polar surface area (TPSA) is 49.3 Å². The molecule has 2 fully saturated rings. The third-order valence-electron chi connectivity index (χ3n) is 4.17. The molecule has 5 nitrogen and oxygen atoms in total. The number of carbonyl (C=O) groups excluding carboxylic acids is 1. The van der Waals surface area contributed by atoms with E-state index in [4.69, 9.17) is 0 Å². The van der Waals surface area contributed by atoms with Gasteiger partial charge in [-0.2, -0.15) is 13.2 Å². The Morgan fingerprint density at radius 2 is 1.91 bits per heavy atom. The summed E-state index contributed by atoms with van der Waals surface area (Å²) in [5.74, 6) is 0.733. The lowest BCUT2D eigenvalue weighted by molar-refractivity contribution is -0.141. The third kappa shape index (κ3) is 3.73. The van der Waals surface area contributed by atoms with Crippen molar-refractivity contribution < 1.29 is 18.0 Å². The number of rotatable bonds is 2. The maximum Gasteiger partial charge on any atom is 0.433 e. The highest BCUT2D eigenvalue weighted by Crippen LogP contribution is 2.32. The number of hydrogen-bond donors (Lipinski definition) is 0. The maximum absolute atomic E-state index is 12.9. The van der Waals surface area contributed by atoms with Crippen LogP contribution in [-0.4, -0.2) is 47.0 Å². The van der Waals surface area contributed by atoms with Gasteiger partial charge >= 0.3 is 6.18 Å². The fourth-order valence-corrected chi connectivity index (χ4v) is 2.81. The Kier molecular flexibility index (Phi) is 4.16. The van der Waals surface area contributed by atoms with Crippen LogP contribution in [0.2, 0.25) is 0 Å². The van der Waals surface area contributed by atoms with Crippen molar-refractivity contribution in [3.63, 3.8) is 0 Å². The quantitative estimate of drug-likeness (QED) is 0.835. The molecule has 0 N–H and O–H groups in total. The van der Waals surface area contributed by atoms with Crippen LogP contribution in [0.1, 0.15) is 30.8 Å². The van der Waals surface area contributed by atoms with Crippen molar-refractivity contribution in [2.75, 3.05) is 31.1 Å². The van der Waals surface area contributed by atoms with Crippen LogP contribution in [0, 0.1) is 12.8 Å². The van der Waals surface area contributed by atoms with Crippen molar-refractivity contribution >= 4 is 11.7 Å². The van der Waals surface area contributed by atoms with E-state index in [1.165, 1.54) is 6.92 Å². The zero-order valence-electron chi connectivity index (χ0n) is 12.9. The molecule has 0 bridgehead atoms. The molecule has 0 atom stereocenters. The molecular formula is C15H19F3N4O. The van der Waals surface area contributed by atoms with Crippen LogP contribution in [0.4, 0.5) is 19.0 Å². The van der Waals surface area contributed by atoms with Gasteiger partial charge in [0, 0.05) is 38.2 Å². The van der Waals surface area contributed by atoms with Crippen LogP contribution in [0.25, 0.3) is 0 Å². The fraction of sp³-hybridized carbons (Fsp3) is 0.667. The Labute approximate surface area is 132 Å². The number of carbonyl (C=O) groups is 1. The van der Waals surface area contributed by atoms with Gasteiger partial charge in [0.1, 0.15) is 17.3 Å². The summed E-state index contributed by atoms with van der Waals surface area (Å²) < 4.78 is 38.7. The van der Waals surface area contributed by atoms with Crippen LogP contribution in [0.5, 0.6) is 0 Å². The molecule has 2 heterocycles. The second-order valence-corrected chi connectivity index (χ2v) is 6.10. The molecule has 2 aliphatic rings. The molecule has 8 heteroatoms. The normalized spacial score (nSPS) is 19.7. The predicted molar refractivity (Wildman–Crippen MR) is 77.9 cm³/mol. The van der Waals surface area contributed by atoms with Gasteiger partial charge in [0.15, 0.2) is 0 Å². The molecular weight excluding hydrogens is 309 g/mol. The SMILES string of the molecule is Cc1nc(N2CCCN(C(=O)C3CC3)CC2)cc(C(F)(F)F)n1. The summed E-state index contributed by atoms with van der Waals surface area (Å²) in [7, 11) is 0. The molecule has 1 saturated heterocycles. The van der Waals surface area contributed by atoms with Gasteiger partial charge in [-0.15, -0.1) is 0 Å². The highest BCUT2D eigenvalue weighted by Gasteiger charge is 2.35.